The molecule has 6 nitrogen and oxygen atoms in total. The molecule has 1 heterocycles. The topological polar surface area (TPSA) is 96.3 Å². The van der Waals surface area contributed by atoms with Crippen LogP contribution in [0.1, 0.15) is 5.56 Å². The minimum Gasteiger partial charge on any atom is -0.439 e. The van der Waals surface area contributed by atoms with Crippen molar-refractivity contribution in [1.29, 1.82) is 0 Å². The average Bonchev–Trinajstić information content (AvgIpc) is 2.37. The van der Waals surface area contributed by atoms with Crippen LogP contribution < -0.4 is 16.2 Å². The van der Waals surface area contributed by atoms with Gasteiger partial charge in [-0.05, 0) is 24.1 Å². The van der Waals surface area contributed by atoms with Crippen molar-refractivity contribution in [3.63, 3.8) is 0 Å². The maximum atomic E-state index is 5.57. The first-order valence-corrected chi connectivity index (χ1v) is 5.83. The van der Waals surface area contributed by atoms with E-state index in [1.807, 2.05) is 24.3 Å². The minimum absolute atomic E-state index is 0.0896. The molecule has 1 aromatic heterocycles. The van der Waals surface area contributed by atoms with Crippen LogP contribution in [0.4, 0.5) is 11.8 Å². The maximum Gasteiger partial charge on any atom is 0.226 e. The molecule has 0 amide bonds. The average molecular weight is 260 g/mol. The molecule has 0 aliphatic carbocycles. The SMILES string of the molecule is COCCc1ccc(Oc2cc(N)nc(N)n2)cc1. The number of nitrogens with two attached hydrogens (primary N) is 2. The molecule has 100 valence electrons. The van der Waals surface area contributed by atoms with Gasteiger partial charge in [0.25, 0.3) is 0 Å². The summed E-state index contributed by atoms with van der Waals surface area (Å²) in [6, 6.07) is 9.19. The molecule has 0 saturated heterocycles. The predicted molar refractivity (Wildman–Crippen MR) is 73.0 cm³/mol. The molecule has 0 aliphatic heterocycles. The summed E-state index contributed by atoms with van der Waals surface area (Å²) in [6.45, 7) is 0.694. The van der Waals surface area contributed by atoms with Gasteiger partial charge >= 0.3 is 0 Å². The number of nitrogen functional groups attached to an aromatic ring is 2. The fourth-order valence-corrected chi connectivity index (χ4v) is 1.58. The first kappa shape index (κ1) is 13.1. The van der Waals surface area contributed by atoms with E-state index < -0.39 is 0 Å². The Morgan fingerprint density at radius 2 is 1.84 bits per heavy atom. The van der Waals surface area contributed by atoms with Crippen molar-refractivity contribution in [1.82, 2.24) is 9.97 Å². The van der Waals surface area contributed by atoms with Gasteiger partial charge in [0.05, 0.1) is 6.61 Å². The van der Waals surface area contributed by atoms with Crippen LogP contribution in [0.15, 0.2) is 30.3 Å². The predicted octanol–water partition coefficient (Wildman–Crippen LogP) is 1.62. The van der Waals surface area contributed by atoms with Crippen molar-refractivity contribution in [3.05, 3.63) is 35.9 Å². The van der Waals surface area contributed by atoms with Gasteiger partial charge in [0, 0.05) is 13.2 Å². The van der Waals surface area contributed by atoms with Gasteiger partial charge in [0.2, 0.25) is 11.8 Å². The molecular formula is C13H16N4O2. The summed E-state index contributed by atoms with van der Waals surface area (Å²) < 4.78 is 10.6. The molecule has 0 spiro atoms. The number of hydrogen-bond acceptors (Lipinski definition) is 6. The Bertz CT molecular complexity index is 523. The third-order valence-electron chi connectivity index (χ3n) is 2.48. The van der Waals surface area contributed by atoms with E-state index in [1.54, 1.807) is 7.11 Å². The normalized spacial score (nSPS) is 10.4. The smallest absolute Gasteiger partial charge is 0.226 e. The highest BCUT2D eigenvalue weighted by atomic mass is 16.5. The van der Waals surface area contributed by atoms with Crippen LogP contribution >= 0.6 is 0 Å². The molecule has 6 heteroatoms. The molecule has 2 rings (SSSR count). The Balaban J connectivity index is 2.06. The first-order chi connectivity index (χ1) is 9.17. The second kappa shape index (κ2) is 6.01. The zero-order valence-electron chi connectivity index (χ0n) is 10.7. The molecule has 0 saturated carbocycles. The zero-order valence-corrected chi connectivity index (χ0v) is 10.7. The Kier molecular flexibility index (Phi) is 4.15. The summed E-state index contributed by atoms with van der Waals surface area (Å²) in [4.78, 5) is 7.72. The molecule has 0 radical (unpaired) electrons. The molecule has 0 unspecified atom stereocenters. The highest BCUT2D eigenvalue weighted by molar-refractivity contribution is 5.40. The summed E-state index contributed by atoms with van der Waals surface area (Å²) in [7, 11) is 1.68. The van der Waals surface area contributed by atoms with Crippen molar-refractivity contribution >= 4 is 11.8 Å². The summed E-state index contributed by atoms with van der Waals surface area (Å²) >= 11 is 0. The number of nitrogens with zero attached hydrogens (tertiary/aromatic N) is 2. The quantitative estimate of drug-likeness (QED) is 0.848. The highest BCUT2D eigenvalue weighted by Gasteiger charge is 2.03. The van der Waals surface area contributed by atoms with Crippen LogP contribution in [0, 0.1) is 0 Å². The van der Waals surface area contributed by atoms with Crippen molar-refractivity contribution in [2.45, 2.75) is 6.42 Å². The fraction of sp³-hybridized carbons (Fsp3) is 0.231. The first-order valence-electron chi connectivity index (χ1n) is 5.83. The molecular weight excluding hydrogens is 244 g/mol. The monoisotopic (exact) mass is 260 g/mol. The van der Waals surface area contributed by atoms with E-state index >= 15 is 0 Å². The van der Waals surface area contributed by atoms with E-state index in [4.69, 9.17) is 20.9 Å². The lowest BCUT2D eigenvalue weighted by Crippen LogP contribution is -2.00. The van der Waals surface area contributed by atoms with E-state index in [0.717, 1.165) is 6.42 Å². The lowest BCUT2D eigenvalue weighted by Gasteiger charge is -2.07. The number of anilines is 2. The second-order valence-corrected chi connectivity index (χ2v) is 3.98. The number of benzene rings is 1. The van der Waals surface area contributed by atoms with Crippen LogP contribution in [0.3, 0.4) is 0 Å². The van der Waals surface area contributed by atoms with E-state index in [2.05, 4.69) is 9.97 Å². The van der Waals surface area contributed by atoms with Gasteiger partial charge in [-0.15, -0.1) is 0 Å². The van der Waals surface area contributed by atoms with Crippen LogP contribution in [0.25, 0.3) is 0 Å². The highest BCUT2D eigenvalue weighted by Crippen LogP contribution is 2.21. The fourth-order valence-electron chi connectivity index (χ4n) is 1.58. The molecule has 0 bridgehead atoms. The van der Waals surface area contributed by atoms with Gasteiger partial charge in [-0.25, -0.2) is 0 Å². The number of ether oxygens (including phenoxy) is 2. The van der Waals surface area contributed by atoms with Gasteiger partial charge in [0.15, 0.2) is 0 Å². The molecule has 19 heavy (non-hydrogen) atoms. The lowest BCUT2D eigenvalue weighted by atomic mass is 10.1. The van der Waals surface area contributed by atoms with Gasteiger partial charge in [-0.2, -0.15) is 9.97 Å². The van der Waals surface area contributed by atoms with Gasteiger partial charge in [0.1, 0.15) is 11.6 Å². The summed E-state index contributed by atoms with van der Waals surface area (Å²) in [5.74, 6) is 1.36. The maximum absolute atomic E-state index is 5.57. The van der Waals surface area contributed by atoms with Crippen molar-refractivity contribution in [2.24, 2.45) is 0 Å². The molecule has 2 aromatic rings. The number of aromatic nitrogens is 2. The Hall–Kier alpha value is -2.34. The zero-order chi connectivity index (χ0) is 13.7. The minimum atomic E-state index is 0.0896. The third kappa shape index (κ3) is 3.82. The Labute approximate surface area is 111 Å². The van der Waals surface area contributed by atoms with Crippen molar-refractivity contribution < 1.29 is 9.47 Å². The van der Waals surface area contributed by atoms with E-state index in [0.29, 0.717) is 18.2 Å². The summed E-state index contributed by atoms with van der Waals surface area (Å²) in [6.07, 6.45) is 0.865. The second-order valence-electron chi connectivity index (χ2n) is 3.98. The van der Waals surface area contributed by atoms with Gasteiger partial charge in [-0.1, -0.05) is 12.1 Å². The Morgan fingerprint density at radius 3 is 2.47 bits per heavy atom. The van der Waals surface area contributed by atoms with Crippen LogP contribution in [-0.4, -0.2) is 23.7 Å². The standard InChI is InChI=1S/C13H16N4O2/c1-18-7-6-9-2-4-10(5-3-9)19-12-8-11(14)16-13(15)17-12/h2-5,8H,6-7H2,1H3,(H4,14,15,16,17). The van der Waals surface area contributed by atoms with E-state index in [9.17, 15) is 0 Å². The molecule has 4 N–H and O–H groups in total. The lowest BCUT2D eigenvalue weighted by molar-refractivity contribution is 0.202. The number of rotatable bonds is 5. The summed E-state index contributed by atoms with van der Waals surface area (Å²) in [5, 5.41) is 0. The molecule has 0 fully saturated rings. The van der Waals surface area contributed by atoms with E-state index in [-0.39, 0.29) is 11.8 Å². The van der Waals surface area contributed by atoms with Crippen LogP contribution in [0.2, 0.25) is 0 Å². The number of methoxy groups -OCH3 is 1. The largest absolute Gasteiger partial charge is 0.439 e. The van der Waals surface area contributed by atoms with Crippen molar-refractivity contribution in [3.8, 4) is 11.6 Å². The van der Waals surface area contributed by atoms with Crippen molar-refractivity contribution in [2.75, 3.05) is 25.2 Å². The molecule has 0 atom stereocenters. The van der Waals surface area contributed by atoms with Gasteiger partial charge in [-0.3, -0.25) is 0 Å². The molecule has 0 aliphatic rings. The summed E-state index contributed by atoms with van der Waals surface area (Å²) in [5.41, 5.74) is 12.2. The Morgan fingerprint density at radius 1 is 1.11 bits per heavy atom. The number of hydrogen-bond donors (Lipinski definition) is 2. The van der Waals surface area contributed by atoms with E-state index in [1.165, 1.54) is 11.6 Å². The van der Waals surface area contributed by atoms with Gasteiger partial charge < -0.3 is 20.9 Å². The third-order valence-corrected chi connectivity index (χ3v) is 2.48. The van der Waals surface area contributed by atoms with Crippen LogP contribution in [0.5, 0.6) is 11.6 Å². The van der Waals surface area contributed by atoms with Crippen LogP contribution in [-0.2, 0) is 11.2 Å². The molecule has 1 aromatic carbocycles.